The normalized spacial score (nSPS) is 9.73. The van der Waals surface area contributed by atoms with Gasteiger partial charge in [-0.15, -0.1) is 11.6 Å². The lowest BCUT2D eigenvalue weighted by atomic mass is 10.1. The van der Waals surface area contributed by atoms with E-state index in [1.165, 1.54) is 6.07 Å². The Balaban J connectivity index is 2.98. The molecular weight excluding hydrogens is 216 g/mol. The Morgan fingerprint density at radius 3 is 2.60 bits per heavy atom. The fourth-order valence-electron chi connectivity index (χ4n) is 1.19. The number of nitrogens with one attached hydrogen (secondary N) is 1. The summed E-state index contributed by atoms with van der Waals surface area (Å²) in [6.07, 6.45) is 0. The third-order valence-electron chi connectivity index (χ3n) is 1.77. The van der Waals surface area contributed by atoms with E-state index in [1.54, 1.807) is 12.1 Å². The average Bonchev–Trinajstić information content (AvgIpc) is 2.16. The zero-order valence-electron chi connectivity index (χ0n) is 8.21. The first-order valence-electron chi connectivity index (χ1n) is 4.30. The molecule has 0 atom stereocenters. The quantitative estimate of drug-likeness (QED) is 0.762. The highest BCUT2D eigenvalue weighted by molar-refractivity contribution is 6.29. The fourth-order valence-corrected chi connectivity index (χ4v) is 1.26. The first-order valence-corrected chi connectivity index (χ1v) is 4.83. The summed E-state index contributed by atoms with van der Waals surface area (Å²) >= 11 is 5.34. The van der Waals surface area contributed by atoms with Gasteiger partial charge in [0.25, 0.3) is 0 Å². The molecule has 0 radical (unpaired) electrons. The Morgan fingerprint density at radius 1 is 1.40 bits per heavy atom. The van der Waals surface area contributed by atoms with Crippen molar-refractivity contribution in [1.29, 1.82) is 0 Å². The van der Waals surface area contributed by atoms with E-state index < -0.39 is 5.91 Å². The van der Waals surface area contributed by atoms with Crippen LogP contribution in [0.5, 0.6) is 0 Å². The van der Waals surface area contributed by atoms with Crippen LogP contribution >= 0.6 is 11.6 Å². The van der Waals surface area contributed by atoms with Crippen LogP contribution in [0.3, 0.4) is 0 Å². The van der Waals surface area contributed by atoms with Crippen LogP contribution in [0.2, 0.25) is 0 Å². The van der Waals surface area contributed by atoms with E-state index in [2.05, 4.69) is 5.32 Å². The number of primary amides is 1. The van der Waals surface area contributed by atoms with Gasteiger partial charge in [0, 0.05) is 11.3 Å². The molecule has 15 heavy (non-hydrogen) atoms. The molecule has 0 aromatic heterocycles. The molecule has 0 aliphatic carbocycles. The van der Waals surface area contributed by atoms with Crippen LogP contribution in [0, 0.1) is 6.92 Å². The molecule has 0 bridgehead atoms. The molecule has 0 fully saturated rings. The van der Waals surface area contributed by atoms with E-state index in [0.717, 1.165) is 5.56 Å². The van der Waals surface area contributed by atoms with Gasteiger partial charge in [0.15, 0.2) is 0 Å². The number of anilines is 1. The number of benzene rings is 1. The first kappa shape index (κ1) is 11.5. The van der Waals surface area contributed by atoms with Crippen molar-refractivity contribution in [2.75, 3.05) is 11.2 Å². The van der Waals surface area contributed by atoms with Crippen LogP contribution in [0.1, 0.15) is 15.9 Å². The number of hydrogen-bond acceptors (Lipinski definition) is 2. The number of aryl methyl sites for hydroxylation is 1. The van der Waals surface area contributed by atoms with Crippen LogP contribution < -0.4 is 11.1 Å². The van der Waals surface area contributed by atoms with Crippen LogP contribution in [0.15, 0.2) is 18.2 Å². The minimum absolute atomic E-state index is 0.125. The molecule has 1 aromatic carbocycles. The molecule has 0 aliphatic heterocycles. The number of amides is 2. The number of halogens is 1. The summed E-state index contributed by atoms with van der Waals surface area (Å²) in [5, 5.41) is 2.55. The number of carbonyl (C=O) groups is 2. The monoisotopic (exact) mass is 226 g/mol. The predicted molar refractivity (Wildman–Crippen MR) is 59.0 cm³/mol. The second-order valence-electron chi connectivity index (χ2n) is 3.13. The minimum Gasteiger partial charge on any atom is -0.366 e. The highest BCUT2D eigenvalue weighted by atomic mass is 35.5. The summed E-state index contributed by atoms with van der Waals surface area (Å²) in [6.45, 7) is 1.81. The van der Waals surface area contributed by atoms with Gasteiger partial charge in [0.1, 0.15) is 5.88 Å². The van der Waals surface area contributed by atoms with Crippen molar-refractivity contribution >= 4 is 29.1 Å². The average molecular weight is 227 g/mol. The van der Waals surface area contributed by atoms with Crippen molar-refractivity contribution < 1.29 is 9.59 Å². The topological polar surface area (TPSA) is 72.2 Å². The van der Waals surface area contributed by atoms with Crippen LogP contribution in [-0.4, -0.2) is 17.7 Å². The standard InChI is InChI=1S/C10H11ClN2O2/c1-6-2-7(10(12)15)4-8(3-6)13-9(14)5-11/h2-4H,5H2,1H3,(H2,12,15)(H,13,14). The van der Waals surface area contributed by atoms with E-state index in [-0.39, 0.29) is 11.8 Å². The van der Waals surface area contributed by atoms with Gasteiger partial charge in [0.05, 0.1) is 0 Å². The second kappa shape index (κ2) is 4.79. The Labute approximate surface area is 92.4 Å². The maximum Gasteiger partial charge on any atom is 0.248 e. The van der Waals surface area contributed by atoms with Crippen LogP contribution in [0.4, 0.5) is 5.69 Å². The fraction of sp³-hybridized carbons (Fsp3) is 0.200. The Hall–Kier alpha value is -1.55. The SMILES string of the molecule is Cc1cc(NC(=O)CCl)cc(C(N)=O)c1. The molecule has 0 unspecified atom stereocenters. The molecule has 0 heterocycles. The third-order valence-corrected chi connectivity index (χ3v) is 2.01. The van der Waals surface area contributed by atoms with E-state index in [0.29, 0.717) is 11.3 Å². The largest absolute Gasteiger partial charge is 0.366 e. The highest BCUT2D eigenvalue weighted by Crippen LogP contribution is 2.14. The number of alkyl halides is 1. The Morgan fingerprint density at radius 2 is 2.07 bits per heavy atom. The molecule has 4 nitrogen and oxygen atoms in total. The molecule has 0 saturated carbocycles. The Bertz CT molecular complexity index is 404. The molecular formula is C10H11ClN2O2. The van der Waals surface area contributed by atoms with E-state index in [1.807, 2.05) is 6.92 Å². The predicted octanol–water partition coefficient (Wildman–Crippen LogP) is 1.27. The van der Waals surface area contributed by atoms with Gasteiger partial charge in [-0.1, -0.05) is 0 Å². The van der Waals surface area contributed by atoms with Gasteiger partial charge in [-0.05, 0) is 30.7 Å². The van der Waals surface area contributed by atoms with Crippen molar-refractivity contribution in [1.82, 2.24) is 0 Å². The van der Waals surface area contributed by atoms with Gasteiger partial charge >= 0.3 is 0 Å². The van der Waals surface area contributed by atoms with Gasteiger partial charge in [-0.2, -0.15) is 0 Å². The van der Waals surface area contributed by atoms with Gasteiger partial charge in [0.2, 0.25) is 11.8 Å². The first-order chi connectivity index (χ1) is 7.02. The van der Waals surface area contributed by atoms with Gasteiger partial charge in [-0.3, -0.25) is 9.59 Å². The van der Waals surface area contributed by atoms with Crippen molar-refractivity contribution in [3.63, 3.8) is 0 Å². The summed E-state index contributed by atoms with van der Waals surface area (Å²) in [4.78, 5) is 22.0. The number of hydrogen-bond donors (Lipinski definition) is 2. The second-order valence-corrected chi connectivity index (χ2v) is 3.40. The zero-order chi connectivity index (χ0) is 11.4. The number of rotatable bonds is 3. The number of nitrogens with two attached hydrogens (primary N) is 1. The molecule has 2 amide bonds. The van der Waals surface area contributed by atoms with E-state index in [9.17, 15) is 9.59 Å². The van der Waals surface area contributed by atoms with Gasteiger partial charge < -0.3 is 11.1 Å². The van der Waals surface area contributed by atoms with E-state index >= 15 is 0 Å². The molecule has 5 heteroatoms. The Kier molecular flexibility index (Phi) is 3.68. The lowest BCUT2D eigenvalue weighted by molar-refractivity contribution is -0.113. The van der Waals surface area contributed by atoms with E-state index in [4.69, 9.17) is 17.3 Å². The van der Waals surface area contributed by atoms with Crippen LogP contribution in [0.25, 0.3) is 0 Å². The lowest BCUT2D eigenvalue weighted by Crippen LogP contribution is -2.15. The maximum atomic E-state index is 11.0. The van der Waals surface area contributed by atoms with Crippen molar-refractivity contribution in [2.24, 2.45) is 5.73 Å². The summed E-state index contributed by atoms with van der Waals surface area (Å²) < 4.78 is 0. The molecule has 0 aliphatic rings. The summed E-state index contributed by atoms with van der Waals surface area (Å²) in [6, 6.07) is 4.90. The number of carbonyl (C=O) groups excluding carboxylic acids is 2. The van der Waals surface area contributed by atoms with Crippen LogP contribution in [-0.2, 0) is 4.79 Å². The molecule has 0 saturated heterocycles. The zero-order valence-corrected chi connectivity index (χ0v) is 8.97. The smallest absolute Gasteiger partial charge is 0.248 e. The lowest BCUT2D eigenvalue weighted by Gasteiger charge is -2.06. The molecule has 1 rings (SSSR count). The van der Waals surface area contributed by atoms with Gasteiger partial charge in [-0.25, -0.2) is 0 Å². The van der Waals surface area contributed by atoms with Crippen molar-refractivity contribution in [3.05, 3.63) is 29.3 Å². The summed E-state index contributed by atoms with van der Waals surface area (Å²) in [7, 11) is 0. The molecule has 3 N–H and O–H groups in total. The maximum absolute atomic E-state index is 11.0. The van der Waals surface area contributed by atoms with Crippen molar-refractivity contribution in [2.45, 2.75) is 6.92 Å². The highest BCUT2D eigenvalue weighted by Gasteiger charge is 2.05. The third kappa shape index (κ3) is 3.25. The molecule has 1 aromatic rings. The summed E-state index contributed by atoms with van der Waals surface area (Å²) in [5.41, 5.74) is 6.86. The van der Waals surface area contributed by atoms with Crippen molar-refractivity contribution in [3.8, 4) is 0 Å². The minimum atomic E-state index is -0.528. The molecule has 0 spiro atoms. The molecule has 80 valence electrons. The summed E-state index contributed by atoms with van der Waals surface area (Å²) in [5.74, 6) is -0.974.